The summed E-state index contributed by atoms with van der Waals surface area (Å²) in [4.78, 5) is 2.64. The molecule has 1 aliphatic heterocycles. The first-order valence-electron chi connectivity index (χ1n) is 6.77. The summed E-state index contributed by atoms with van der Waals surface area (Å²) in [5, 5.41) is 3.84. The lowest BCUT2D eigenvalue weighted by Gasteiger charge is -2.47. The van der Waals surface area contributed by atoms with Crippen molar-refractivity contribution in [3.63, 3.8) is 0 Å². The molecule has 1 unspecified atom stereocenters. The summed E-state index contributed by atoms with van der Waals surface area (Å²) in [6.45, 7) is 12.0. The van der Waals surface area contributed by atoms with Gasteiger partial charge in [-0.3, -0.25) is 4.90 Å². The van der Waals surface area contributed by atoms with Crippen LogP contribution in [0, 0.1) is 5.92 Å². The van der Waals surface area contributed by atoms with Crippen molar-refractivity contribution < 1.29 is 0 Å². The van der Waals surface area contributed by atoms with Crippen LogP contribution in [0.3, 0.4) is 0 Å². The van der Waals surface area contributed by atoms with E-state index < -0.39 is 0 Å². The lowest BCUT2D eigenvalue weighted by Crippen LogP contribution is -2.64. The van der Waals surface area contributed by atoms with Gasteiger partial charge in [0.05, 0.1) is 0 Å². The first kappa shape index (κ1) is 12.1. The summed E-state index contributed by atoms with van der Waals surface area (Å²) in [5.74, 6) is 0.728. The lowest BCUT2D eigenvalue weighted by molar-refractivity contribution is 0.0673. The van der Waals surface area contributed by atoms with Crippen molar-refractivity contribution >= 4 is 0 Å². The molecule has 2 nitrogen and oxygen atoms in total. The Morgan fingerprint density at radius 2 is 2.12 bits per heavy atom. The molecular weight excluding hydrogens is 196 g/mol. The zero-order valence-electron chi connectivity index (χ0n) is 10.8. The van der Waals surface area contributed by atoms with Crippen molar-refractivity contribution in [2.45, 2.75) is 51.1 Å². The molecule has 2 rings (SSSR count). The van der Waals surface area contributed by atoms with E-state index in [1.165, 1.54) is 32.2 Å². The first-order chi connectivity index (χ1) is 7.67. The Bertz CT molecular complexity index is 241. The third-order valence-electron chi connectivity index (χ3n) is 4.35. The molecule has 2 fully saturated rings. The van der Waals surface area contributed by atoms with Crippen LogP contribution in [-0.2, 0) is 0 Å². The average molecular weight is 222 g/mol. The molecule has 0 aromatic carbocycles. The van der Waals surface area contributed by atoms with E-state index in [0.717, 1.165) is 19.0 Å². The van der Waals surface area contributed by atoms with Gasteiger partial charge in [-0.2, -0.15) is 0 Å². The Labute approximate surface area is 100 Å². The Morgan fingerprint density at radius 1 is 1.44 bits per heavy atom. The van der Waals surface area contributed by atoms with Gasteiger partial charge in [-0.05, 0) is 18.8 Å². The van der Waals surface area contributed by atoms with Crippen LogP contribution < -0.4 is 5.32 Å². The van der Waals surface area contributed by atoms with Crippen molar-refractivity contribution in [1.82, 2.24) is 10.2 Å². The van der Waals surface area contributed by atoms with E-state index in [1.54, 1.807) is 0 Å². The Morgan fingerprint density at radius 3 is 2.69 bits per heavy atom. The second-order valence-corrected chi connectivity index (χ2v) is 5.90. The van der Waals surface area contributed by atoms with E-state index in [-0.39, 0.29) is 0 Å². The lowest BCUT2D eigenvalue weighted by atomic mass is 9.89. The summed E-state index contributed by atoms with van der Waals surface area (Å²) in [6.07, 6.45) is 7.60. The summed E-state index contributed by atoms with van der Waals surface area (Å²) in [5.41, 5.74) is 0.439. The fraction of sp³-hybridized carbons (Fsp3) is 0.857. The van der Waals surface area contributed by atoms with Crippen LogP contribution in [0.2, 0.25) is 0 Å². The van der Waals surface area contributed by atoms with Gasteiger partial charge in [-0.15, -0.1) is 6.58 Å². The largest absolute Gasteiger partial charge is 0.308 e. The predicted molar refractivity (Wildman–Crippen MR) is 69.6 cm³/mol. The van der Waals surface area contributed by atoms with Crippen LogP contribution in [0.15, 0.2) is 12.7 Å². The molecule has 92 valence electrons. The molecule has 0 radical (unpaired) electrons. The van der Waals surface area contributed by atoms with E-state index in [2.05, 4.69) is 36.7 Å². The number of hydrogen-bond donors (Lipinski definition) is 1. The highest BCUT2D eigenvalue weighted by Gasteiger charge is 2.41. The third-order valence-corrected chi connectivity index (χ3v) is 4.35. The molecule has 0 aromatic heterocycles. The van der Waals surface area contributed by atoms with Gasteiger partial charge in [0.15, 0.2) is 0 Å². The van der Waals surface area contributed by atoms with Crippen molar-refractivity contribution in [1.29, 1.82) is 0 Å². The average Bonchev–Trinajstić information content (AvgIpc) is 2.66. The minimum absolute atomic E-state index is 0.439. The molecule has 1 N–H and O–H groups in total. The zero-order valence-corrected chi connectivity index (χ0v) is 10.8. The Hall–Kier alpha value is -0.340. The summed E-state index contributed by atoms with van der Waals surface area (Å²) in [6, 6.07) is 0.684. The third kappa shape index (κ3) is 2.33. The number of nitrogens with one attached hydrogen (secondary N) is 1. The SMILES string of the molecule is C=CCN1CC2(CCCC2)NCC1C(C)C. The number of piperazine rings is 1. The Kier molecular flexibility index (Phi) is 3.70. The van der Waals surface area contributed by atoms with Crippen LogP contribution in [0.25, 0.3) is 0 Å². The molecule has 0 amide bonds. The van der Waals surface area contributed by atoms with Crippen LogP contribution in [-0.4, -0.2) is 36.1 Å². The van der Waals surface area contributed by atoms with Gasteiger partial charge in [0.2, 0.25) is 0 Å². The van der Waals surface area contributed by atoms with Crippen LogP contribution in [0.1, 0.15) is 39.5 Å². The Balaban J connectivity index is 2.04. The van der Waals surface area contributed by atoms with Gasteiger partial charge in [0.25, 0.3) is 0 Å². The minimum atomic E-state index is 0.439. The minimum Gasteiger partial charge on any atom is -0.308 e. The molecule has 2 heteroatoms. The molecule has 1 saturated carbocycles. The normalized spacial score (nSPS) is 30.1. The van der Waals surface area contributed by atoms with Crippen LogP contribution in [0.4, 0.5) is 0 Å². The fourth-order valence-corrected chi connectivity index (χ4v) is 3.42. The maximum absolute atomic E-state index is 3.90. The molecule has 1 heterocycles. The zero-order chi connectivity index (χ0) is 11.6. The molecule has 1 saturated heterocycles. The highest BCUT2D eigenvalue weighted by molar-refractivity contribution is 5.02. The molecule has 1 aliphatic carbocycles. The molecule has 0 aromatic rings. The molecule has 1 atom stereocenters. The van der Waals surface area contributed by atoms with Gasteiger partial charge in [0, 0.05) is 31.2 Å². The highest BCUT2D eigenvalue weighted by Crippen LogP contribution is 2.34. The summed E-state index contributed by atoms with van der Waals surface area (Å²) < 4.78 is 0. The van der Waals surface area contributed by atoms with Gasteiger partial charge < -0.3 is 5.32 Å². The quantitative estimate of drug-likeness (QED) is 0.738. The number of nitrogens with zero attached hydrogens (tertiary/aromatic N) is 1. The van der Waals surface area contributed by atoms with Crippen molar-refractivity contribution in [2.75, 3.05) is 19.6 Å². The fourth-order valence-electron chi connectivity index (χ4n) is 3.42. The second-order valence-electron chi connectivity index (χ2n) is 5.90. The van der Waals surface area contributed by atoms with Crippen molar-refractivity contribution in [3.8, 4) is 0 Å². The number of hydrogen-bond acceptors (Lipinski definition) is 2. The van der Waals surface area contributed by atoms with E-state index in [0.29, 0.717) is 11.6 Å². The van der Waals surface area contributed by atoms with Crippen molar-refractivity contribution in [2.24, 2.45) is 5.92 Å². The van der Waals surface area contributed by atoms with Gasteiger partial charge >= 0.3 is 0 Å². The molecular formula is C14H26N2. The van der Waals surface area contributed by atoms with Gasteiger partial charge in [-0.1, -0.05) is 32.8 Å². The van der Waals surface area contributed by atoms with Gasteiger partial charge in [0.1, 0.15) is 0 Å². The smallest absolute Gasteiger partial charge is 0.0309 e. The monoisotopic (exact) mass is 222 g/mol. The van der Waals surface area contributed by atoms with E-state index in [9.17, 15) is 0 Å². The first-order valence-corrected chi connectivity index (χ1v) is 6.77. The summed E-state index contributed by atoms with van der Waals surface area (Å²) >= 11 is 0. The van der Waals surface area contributed by atoms with E-state index >= 15 is 0 Å². The molecule has 0 bridgehead atoms. The molecule has 1 spiro atoms. The second kappa shape index (κ2) is 4.89. The van der Waals surface area contributed by atoms with Gasteiger partial charge in [-0.25, -0.2) is 0 Å². The topological polar surface area (TPSA) is 15.3 Å². The van der Waals surface area contributed by atoms with Crippen LogP contribution in [0.5, 0.6) is 0 Å². The van der Waals surface area contributed by atoms with E-state index in [4.69, 9.17) is 0 Å². The summed E-state index contributed by atoms with van der Waals surface area (Å²) in [7, 11) is 0. The standard InChI is InChI=1S/C14H26N2/c1-4-9-16-11-14(7-5-6-8-14)15-10-13(16)12(2)3/h4,12-13,15H,1,5-11H2,2-3H3. The maximum Gasteiger partial charge on any atom is 0.0309 e. The number of rotatable bonds is 3. The van der Waals surface area contributed by atoms with Crippen LogP contribution >= 0.6 is 0 Å². The van der Waals surface area contributed by atoms with Crippen molar-refractivity contribution in [3.05, 3.63) is 12.7 Å². The highest BCUT2D eigenvalue weighted by atomic mass is 15.3. The predicted octanol–water partition coefficient (Wildman–Crippen LogP) is 2.42. The molecule has 2 aliphatic rings. The molecule has 16 heavy (non-hydrogen) atoms. The maximum atomic E-state index is 3.90. The van der Waals surface area contributed by atoms with E-state index in [1.807, 2.05) is 0 Å².